The van der Waals surface area contributed by atoms with Crippen LogP contribution in [0.15, 0.2) is 46.1 Å². The van der Waals surface area contributed by atoms with Gasteiger partial charge in [0.2, 0.25) is 0 Å². The second-order valence-corrected chi connectivity index (χ2v) is 4.77. The maximum absolute atomic E-state index is 13.5. The van der Waals surface area contributed by atoms with E-state index >= 15 is 0 Å². The first kappa shape index (κ1) is 13.5. The number of benzene rings is 1. The van der Waals surface area contributed by atoms with Gasteiger partial charge >= 0.3 is 0 Å². The van der Waals surface area contributed by atoms with Crippen LogP contribution in [-0.2, 0) is 0 Å². The predicted octanol–water partition coefficient (Wildman–Crippen LogP) is 3.07. The summed E-state index contributed by atoms with van der Waals surface area (Å²) < 4.78 is 14.3. The van der Waals surface area contributed by atoms with Crippen LogP contribution < -0.4 is 5.43 Å². The standard InChI is InChI=1S/C13H11BrFN3O/c1-8(10-4-2-3-5-11(10)15)17-18-13(19)12-6-9(14)7-16-12/h2-7,16H,1H3,(H,18,19)/b17-8-. The molecule has 2 rings (SSSR count). The number of hydrogen-bond donors (Lipinski definition) is 2. The van der Waals surface area contributed by atoms with Crippen LogP contribution in [0.1, 0.15) is 23.0 Å². The van der Waals surface area contributed by atoms with E-state index in [-0.39, 0.29) is 11.7 Å². The highest BCUT2D eigenvalue weighted by atomic mass is 79.9. The summed E-state index contributed by atoms with van der Waals surface area (Å²) in [6.45, 7) is 1.63. The van der Waals surface area contributed by atoms with Crippen molar-refractivity contribution >= 4 is 27.5 Å². The van der Waals surface area contributed by atoms with Crippen LogP contribution in [0.5, 0.6) is 0 Å². The fourth-order valence-corrected chi connectivity index (χ4v) is 1.85. The van der Waals surface area contributed by atoms with Gasteiger partial charge in [0.25, 0.3) is 5.91 Å². The molecule has 0 saturated carbocycles. The minimum Gasteiger partial charge on any atom is -0.356 e. The Labute approximate surface area is 117 Å². The van der Waals surface area contributed by atoms with Gasteiger partial charge in [-0.15, -0.1) is 0 Å². The Morgan fingerprint density at radius 1 is 1.42 bits per heavy atom. The van der Waals surface area contributed by atoms with Crippen LogP contribution in [0.2, 0.25) is 0 Å². The summed E-state index contributed by atoms with van der Waals surface area (Å²) in [5.74, 6) is -0.762. The Kier molecular flexibility index (Phi) is 4.11. The van der Waals surface area contributed by atoms with E-state index in [2.05, 4.69) is 31.4 Å². The number of nitrogens with one attached hydrogen (secondary N) is 2. The number of nitrogens with zero attached hydrogens (tertiary/aromatic N) is 1. The first-order valence-corrected chi connectivity index (χ1v) is 6.30. The predicted molar refractivity (Wildman–Crippen MR) is 74.6 cm³/mol. The normalized spacial score (nSPS) is 11.4. The average molecular weight is 324 g/mol. The number of carbonyl (C=O) groups is 1. The molecule has 0 aliphatic rings. The monoisotopic (exact) mass is 323 g/mol. The van der Waals surface area contributed by atoms with Crippen molar-refractivity contribution in [2.45, 2.75) is 6.92 Å². The highest BCUT2D eigenvalue weighted by Gasteiger charge is 2.08. The quantitative estimate of drug-likeness (QED) is 0.662. The lowest BCUT2D eigenvalue weighted by Crippen LogP contribution is -2.19. The third-order valence-corrected chi connectivity index (χ3v) is 2.94. The topological polar surface area (TPSA) is 57.2 Å². The molecule has 2 aromatic rings. The SMILES string of the molecule is C/C(=N/NC(=O)c1cc(Br)c[nH]1)c1ccccc1F. The molecule has 0 radical (unpaired) electrons. The molecule has 0 bridgehead atoms. The molecule has 1 aromatic carbocycles. The third kappa shape index (κ3) is 3.29. The second-order valence-electron chi connectivity index (χ2n) is 3.85. The number of hydrazone groups is 1. The van der Waals surface area contributed by atoms with Crippen molar-refractivity contribution in [3.63, 3.8) is 0 Å². The van der Waals surface area contributed by atoms with Crippen LogP contribution >= 0.6 is 15.9 Å². The van der Waals surface area contributed by atoms with Gasteiger partial charge in [-0.1, -0.05) is 18.2 Å². The zero-order chi connectivity index (χ0) is 13.8. The van der Waals surface area contributed by atoms with Gasteiger partial charge in [-0.05, 0) is 35.0 Å². The molecule has 0 unspecified atom stereocenters. The van der Waals surface area contributed by atoms with E-state index in [9.17, 15) is 9.18 Å². The molecular formula is C13H11BrFN3O. The zero-order valence-electron chi connectivity index (χ0n) is 10.1. The van der Waals surface area contributed by atoms with E-state index in [1.54, 1.807) is 37.4 Å². The summed E-state index contributed by atoms with van der Waals surface area (Å²) >= 11 is 3.23. The van der Waals surface area contributed by atoms with E-state index in [1.165, 1.54) is 6.07 Å². The number of aromatic amines is 1. The molecule has 0 aliphatic carbocycles. The van der Waals surface area contributed by atoms with Crippen LogP contribution in [0.4, 0.5) is 4.39 Å². The Hall–Kier alpha value is -1.95. The van der Waals surface area contributed by atoms with Gasteiger partial charge in [0.15, 0.2) is 0 Å². The summed E-state index contributed by atoms with van der Waals surface area (Å²) in [6.07, 6.45) is 1.64. The zero-order valence-corrected chi connectivity index (χ0v) is 11.7. The molecule has 0 fully saturated rings. The highest BCUT2D eigenvalue weighted by Crippen LogP contribution is 2.10. The molecule has 2 N–H and O–H groups in total. The van der Waals surface area contributed by atoms with E-state index < -0.39 is 0 Å². The summed E-state index contributed by atoms with van der Waals surface area (Å²) in [6, 6.07) is 7.88. The minimum absolute atomic E-state index is 0.357. The second kappa shape index (κ2) is 5.79. The molecule has 0 spiro atoms. The molecule has 0 atom stereocenters. The average Bonchev–Trinajstić information content (AvgIpc) is 2.83. The molecule has 6 heteroatoms. The molecule has 98 valence electrons. The lowest BCUT2D eigenvalue weighted by atomic mass is 10.1. The largest absolute Gasteiger partial charge is 0.356 e. The Bertz CT molecular complexity index is 636. The number of aromatic nitrogens is 1. The fraction of sp³-hybridized carbons (Fsp3) is 0.0769. The minimum atomic E-state index is -0.388. The molecule has 0 saturated heterocycles. The van der Waals surface area contributed by atoms with Gasteiger partial charge in [-0.25, -0.2) is 9.82 Å². The molecule has 19 heavy (non-hydrogen) atoms. The summed E-state index contributed by atoms with van der Waals surface area (Å²) in [7, 11) is 0. The van der Waals surface area contributed by atoms with Gasteiger partial charge in [-0.2, -0.15) is 5.10 Å². The van der Waals surface area contributed by atoms with E-state index in [4.69, 9.17) is 0 Å². The maximum Gasteiger partial charge on any atom is 0.287 e. The number of hydrogen-bond acceptors (Lipinski definition) is 2. The van der Waals surface area contributed by atoms with E-state index in [0.29, 0.717) is 17.0 Å². The van der Waals surface area contributed by atoms with Crippen molar-refractivity contribution in [3.8, 4) is 0 Å². The van der Waals surface area contributed by atoms with Crippen LogP contribution in [0.3, 0.4) is 0 Å². The Morgan fingerprint density at radius 3 is 2.79 bits per heavy atom. The first-order chi connectivity index (χ1) is 9.08. The van der Waals surface area contributed by atoms with Crippen LogP contribution in [-0.4, -0.2) is 16.6 Å². The number of amides is 1. The summed E-state index contributed by atoms with van der Waals surface area (Å²) in [5, 5.41) is 3.88. The number of H-pyrrole nitrogens is 1. The molecule has 1 heterocycles. The smallest absolute Gasteiger partial charge is 0.287 e. The van der Waals surface area contributed by atoms with Crippen molar-refractivity contribution < 1.29 is 9.18 Å². The van der Waals surface area contributed by atoms with Crippen molar-refractivity contribution in [3.05, 3.63) is 58.1 Å². The van der Waals surface area contributed by atoms with Gasteiger partial charge in [0, 0.05) is 16.2 Å². The van der Waals surface area contributed by atoms with Crippen LogP contribution in [0, 0.1) is 5.82 Å². The van der Waals surface area contributed by atoms with Gasteiger partial charge in [0.1, 0.15) is 11.5 Å². The first-order valence-electron chi connectivity index (χ1n) is 5.51. The molecule has 1 aromatic heterocycles. The number of carbonyl (C=O) groups excluding carboxylic acids is 1. The fourth-order valence-electron chi connectivity index (χ4n) is 1.51. The van der Waals surface area contributed by atoms with Gasteiger partial charge in [0.05, 0.1) is 5.71 Å². The van der Waals surface area contributed by atoms with Crippen LogP contribution in [0.25, 0.3) is 0 Å². The van der Waals surface area contributed by atoms with Gasteiger partial charge in [-0.3, -0.25) is 4.79 Å². The molecule has 1 amide bonds. The number of halogens is 2. The van der Waals surface area contributed by atoms with Crippen molar-refractivity contribution in [2.24, 2.45) is 5.10 Å². The highest BCUT2D eigenvalue weighted by molar-refractivity contribution is 9.10. The summed E-state index contributed by atoms with van der Waals surface area (Å²) in [4.78, 5) is 14.5. The van der Waals surface area contributed by atoms with Gasteiger partial charge < -0.3 is 4.98 Å². The maximum atomic E-state index is 13.5. The summed E-state index contributed by atoms with van der Waals surface area (Å²) in [5.41, 5.74) is 3.50. The lowest BCUT2D eigenvalue weighted by Gasteiger charge is -2.03. The van der Waals surface area contributed by atoms with Crippen molar-refractivity contribution in [1.29, 1.82) is 0 Å². The lowest BCUT2D eigenvalue weighted by molar-refractivity contribution is 0.0950. The Balaban J connectivity index is 2.11. The molecule has 0 aliphatic heterocycles. The Morgan fingerprint density at radius 2 is 2.16 bits per heavy atom. The van der Waals surface area contributed by atoms with E-state index in [0.717, 1.165) is 4.47 Å². The van der Waals surface area contributed by atoms with E-state index in [1.807, 2.05) is 0 Å². The molecular weight excluding hydrogens is 313 g/mol. The third-order valence-electron chi connectivity index (χ3n) is 2.48. The molecule has 4 nitrogen and oxygen atoms in total. The van der Waals surface area contributed by atoms with Crippen molar-refractivity contribution in [1.82, 2.24) is 10.4 Å². The van der Waals surface area contributed by atoms with Crippen molar-refractivity contribution in [2.75, 3.05) is 0 Å². The number of rotatable bonds is 3.